The molecular weight excluding hydrogens is 294 g/mol. The molecule has 0 aliphatic heterocycles. The maximum atomic E-state index is 9.98. The molecule has 0 aliphatic rings. The fourth-order valence-electron chi connectivity index (χ4n) is 2.06. The minimum Gasteiger partial charge on any atom is -0.506 e. The molecule has 0 radical (unpaired) electrons. The highest BCUT2D eigenvalue weighted by Crippen LogP contribution is 2.27. The van der Waals surface area contributed by atoms with Crippen LogP contribution < -0.4 is 5.32 Å². The molecule has 102 valence electrons. The molecule has 0 fully saturated rings. The van der Waals surface area contributed by atoms with E-state index in [1.807, 2.05) is 12.1 Å². The molecule has 1 atom stereocenters. The van der Waals surface area contributed by atoms with Crippen LogP contribution in [0.5, 0.6) is 5.75 Å². The number of phenols is 1. The summed E-state index contributed by atoms with van der Waals surface area (Å²) >= 11 is 3.29. The summed E-state index contributed by atoms with van der Waals surface area (Å²) in [4.78, 5) is 0. The Kier molecular flexibility index (Phi) is 6.68. The molecule has 1 aromatic carbocycles. The fourth-order valence-corrected chi connectivity index (χ4v) is 2.46. The second-order valence-electron chi connectivity index (χ2n) is 4.52. The third-order valence-electron chi connectivity index (χ3n) is 3.33. The first kappa shape index (κ1) is 15.5. The van der Waals surface area contributed by atoms with Crippen molar-refractivity contribution in [2.24, 2.45) is 5.92 Å². The molecule has 3 N–H and O–H groups in total. The van der Waals surface area contributed by atoms with Crippen LogP contribution in [0.4, 0.5) is 0 Å². The lowest BCUT2D eigenvalue weighted by molar-refractivity contribution is 0.101. The summed E-state index contributed by atoms with van der Waals surface area (Å²) in [5, 5.41) is 23.0. The average molecular weight is 316 g/mol. The zero-order chi connectivity index (χ0) is 13.5. The molecule has 0 aromatic heterocycles. The first-order valence-electron chi connectivity index (χ1n) is 6.45. The van der Waals surface area contributed by atoms with Gasteiger partial charge >= 0.3 is 0 Å². The monoisotopic (exact) mass is 315 g/mol. The van der Waals surface area contributed by atoms with Gasteiger partial charge in [0.2, 0.25) is 0 Å². The number of rotatable bonds is 7. The maximum Gasteiger partial charge on any atom is 0.134 e. The topological polar surface area (TPSA) is 52.5 Å². The first-order chi connectivity index (χ1) is 8.60. The van der Waals surface area contributed by atoms with Gasteiger partial charge in [0.25, 0.3) is 0 Å². The van der Waals surface area contributed by atoms with Gasteiger partial charge in [0, 0.05) is 18.7 Å². The number of aliphatic hydroxyl groups excluding tert-OH is 1. The molecule has 0 bridgehead atoms. The molecule has 1 rings (SSSR count). The van der Waals surface area contributed by atoms with E-state index >= 15 is 0 Å². The van der Waals surface area contributed by atoms with Gasteiger partial charge in [0.1, 0.15) is 5.75 Å². The van der Waals surface area contributed by atoms with Crippen molar-refractivity contribution >= 4 is 15.9 Å². The summed E-state index contributed by atoms with van der Waals surface area (Å²) in [6.45, 7) is 5.30. The zero-order valence-electron chi connectivity index (χ0n) is 11.0. The molecule has 0 spiro atoms. The number of hydrogen-bond donors (Lipinski definition) is 3. The molecule has 1 aromatic rings. The normalized spacial score (nSPS) is 12.9. The number of hydrogen-bond acceptors (Lipinski definition) is 3. The summed E-state index contributed by atoms with van der Waals surface area (Å²) in [7, 11) is 0. The van der Waals surface area contributed by atoms with Gasteiger partial charge in [-0.25, -0.2) is 0 Å². The van der Waals surface area contributed by atoms with E-state index in [2.05, 4.69) is 35.1 Å². The second kappa shape index (κ2) is 7.77. The van der Waals surface area contributed by atoms with Crippen molar-refractivity contribution in [1.82, 2.24) is 5.32 Å². The Morgan fingerprint density at radius 2 is 1.94 bits per heavy atom. The third kappa shape index (κ3) is 4.26. The summed E-state index contributed by atoms with van der Waals surface area (Å²) in [5.74, 6) is 0.607. The SMILES string of the molecule is CCC(CC)C(O)CNCc1cccc(Br)c1O. The Bertz CT molecular complexity index is 367. The van der Waals surface area contributed by atoms with Gasteiger partial charge in [0.15, 0.2) is 0 Å². The number of aliphatic hydroxyl groups is 1. The minimum atomic E-state index is -0.325. The summed E-state index contributed by atoms with van der Waals surface area (Å²) in [6, 6.07) is 5.56. The highest BCUT2D eigenvalue weighted by Gasteiger charge is 2.15. The molecule has 0 heterocycles. The van der Waals surface area contributed by atoms with Gasteiger partial charge in [-0.3, -0.25) is 0 Å². The van der Waals surface area contributed by atoms with E-state index in [1.165, 1.54) is 0 Å². The molecule has 0 saturated heterocycles. The molecule has 4 heteroatoms. The lowest BCUT2D eigenvalue weighted by atomic mass is 9.96. The Morgan fingerprint density at radius 1 is 1.28 bits per heavy atom. The van der Waals surface area contributed by atoms with E-state index < -0.39 is 0 Å². The van der Waals surface area contributed by atoms with Gasteiger partial charge in [-0.15, -0.1) is 0 Å². The average Bonchev–Trinajstić information content (AvgIpc) is 2.36. The van der Waals surface area contributed by atoms with Gasteiger partial charge < -0.3 is 15.5 Å². The van der Waals surface area contributed by atoms with Gasteiger partial charge in [-0.1, -0.05) is 38.8 Å². The van der Waals surface area contributed by atoms with Crippen LogP contribution in [0.25, 0.3) is 0 Å². The molecule has 0 aliphatic carbocycles. The summed E-state index contributed by atoms with van der Waals surface area (Å²) in [6.07, 6.45) is 1.65. The van der Waals surface area contributed by atoms with E-state index in [4.69, 9.17) is 0 Å². The largest absolute Gasteiger partial charge is 0.506 e. The third-order valence-corrected chi connectivity index (χ3v) is 3.97. The number of benzene rings is 1. The van der Waals surface area contributed by atoms with Crippen molar-refractivity contribution in [3.05, 3.63) is 28.2 Å². The van der Waals surface area contributed by atoms with E-state index in [9.17, 15) is 10.2 Å². The second-order valence-corrected chi connectivity index (χ2v) is 5.38. The zero-order valence-corrected chi connectivity index (χ0v) is 12.6. The standard InChI is InChI=1S/C14H22BrNO2/c1-3-10(4-2)13(17)9-16-8-11-6-5-7-12(15)14(11)18/h5-7,10,13,16-18H,3-4,8-9H2,1-2H3. The molecule has 0 saturated carbocycles. The van der Waals surface area contributed by atoms with Crippen LogP contribution in [-0.4, -0.2) is 22.9 Å². The van der Waals surface area contributed by atoms with Crippen LogP contribution >= 0.6 is 15.9 Å². The molecule has 1 unspecified atom stereocenters. The van der Waals surface area contributed by atoms with Crippen molar-refractivity contribution in [2.75, 3.05) is 6.54 Å². The Balaban J connectivity index is 2.44. The lowest BCUT2D eigenvalue weighted by Gasteiger charge is -2.20. The van der Waals surface area contributed by atoms with E-state index in [1.54, 1.807) is 6.07 Å². The van der Waals surface area contributed by atoms with E-state index in [-0.39, 0.29) is 11.9 Å². The smallest absolute Gasteiger partial charge is 0.134 e. The van der Waals surface area contributed by atoms with Crippen LogP contribution in [0, 0.1) is 5.92 Å². The maximum absolute atomic E-state index is 9.98. The van der Waals surface area contributed by atoms with Crippen molar-refractivity contribution in [2.45, 2.75) is 39.3 Å². The minimum absolute atomic E-state index is 0.266. The highest BCUT2D eigenvalue weighted by molar-refractivity contribution is 9.10. The van der Waals surface area contributed by atoms with Crippen LogP contribution in [0.3, 0.4) is 0 Å². The van der Waals surface area contributed by atoms with Gasteiger partial charge in [-0.05, 0) is 27.9 Å². The van der Waals surface area contributed by atoms with Crippen LogP contribution in [0.1, 0.15) is 32.3 Å². The van der Waals surface area contributed by atoms with Crippen molar-refractivity contribution in [1.29, 1.82) is 0 Å². The van der Waals surface area contributed by atoms with Crippen LogP contribution in [0.15, 0.2) is 22.7 Å². The quantitative estimate of drug-likeness (QED) is 0.725. The number of nitrogens with one attached hydrogen (secondary N) is 1. The van der Waals surface area contributed by atoms with Crippen molar-refractivity contribution in [3.63, 3.8) is 0 Å². The molecule has 3 nitrogen and oxygen atoms in total. The molecule has 0 amide bonds. The lowest BCUT2D eigenvalue weighted by Crippen LogP contribution is -2.32. The van der Waals surface area contributed by atoms with Crippen LogP contribution in [-0.2, 0) is 6.54 Å². The first-order valence-corrected chi connectivity index (χ1v) is 7.24. The molecule has 18 heavy (non-hydrogen) atoms. The predicted octanol–water partition coefficient (Wildman–Crippen LogP) is 3.04. The summed E-state index contributed by atoms with van der Waals surface area (Å²) < 4.78 is 0.697. The Labute approximate surface area is 117 Å². The predicted molar refractivity (Wildman–Crippen MR) is 77.6 cm³/mol. The number of halogens is 1. The number of phenolic OH excluding ortho intramolecular Hbond substituents is 1. The van der Waals surface area contributed by atoms with E-state index in [0.717, 1.165) is 18.4 Å². The van der Waals surface area contributed by atoms with Gasteiger partial charge in [-0.2, -0.15) is 0 Å². The van der Waals surface area contributed by atoms with E-state index in [0.29, 0.717) is 23.5 Å². The van der Waals surface area contributed by atoms with Crippen molar-refractivity contribution < 1.29 is 10.2 Å². The molecular formula is C14H22BrNO2. The summed E-state index contributed by atoms with van der Waals surface area (Å²) in [5.41, 5.74) is 0.834. The highest BCUT2D eigenvalue weighted by atomic mass is 79.9. The van der Waals surface area contributed by atoms with Crippen LogP contribution in [0.2, 0.25) is 0 Å². The Morgan fingerprint density at radius 3 is 2.56 bits per heavy atom. The number of aromatic hydroxyl groups is 1. The fraction of sp³-hybridized carbons (Fsp3) is 0.571. The van der Waals surface area contributed by atoms with Crippen molar-refractivity contribution in [3.8, 4) is 5.75 Å². The number of para-hydroxylation sites is 1. The van der Waals surface area contributed by atoms with Gasteiger partial charge in [0.05, 0.1) is 10.6 Å². The Hall–Kier alpha value is -0.580.